The van der Waals surface area contributed by atoms with Gasteiger partial charge >= 0.3 is 0 Å². The van der Waals surface area contributed by atoms with Gasteiger partial charge in [-0.25, -0.2) is 0 Å². The third-order valence-electron chi connectivity index (χ3n) is 5.76. The zero-order valence-corrected chi connectivity index (χ0v) is 17.9. The van der Waals surface area contributed by atoms with Crippen molar-refractivity contribution in [1.29, 1.82) is 5.26 Å². The summed E-state index contributed by atoms with van der Waals surface area (Å²) in [5.41, 5.74) is 5.36. The largest absolute Gasteiger partial charge is 0.343 e. The molecule has 0 N–H and O–H groups in total. The Morgan fingerprint density at radius 3 is 2.52 bits per heavy atom. The summed E-state index contributed by atoms with van der Waals surface area (Å²) in [5, 5.41) is 10.8. The van der Waals surface area contributed by atoms with Crippen molar-refractivity contribution in [1.82, 2.24) is 4.90 Å². The average Bonchev–Trinajstić information content (AvgIpc) is 2.74. The minimum Gasteiger partial charge on any atom is -0.343 e. The molecule has 0 spiro atoms. The number of carbonyl (C=O) groups is 1. The average molecular weight is 404 g/mol. The zero-order valence-electron chi connectivity index (χ0n) is 17.1. The van der Waals surface area contributed by atoms with Crippen molar-refractivity contribution in [2.45, 2.75) is 39.0 Å². The van der Waals surface area contributed by atoms with E-state index in [1.165, 1.54) is 11.1 Å². The van der Waals surface area contributed by atoms with E-state index in [1.54, 1.807) is 16.7 Å². The number of anilines is 1. The van der Waals surface area contributed by atoms with E-state index >= 15 is 0 Å². The Bertz CT molecular complexity index is 1000. The van der Waals surface area contributed by atoms with Gasteiger partial charge in [-0.05, 0) is 35.6 Å². The van der Waals surface area contributed by atoms with Crippen LogP contribution in [0.4, 0.5) is 5.69 Å². The molecule has 0 bridgehead atoms. The molecule has 2 aliphatic heterocycles. The number of nitrogens with zero attached hydrogens (tertiary/aromatic N) is 3. The summed E-state index contributed by atoms with van der Waals surface area (Å²) in [4.78, 5) is 17.0. The summed E-state index contributed by atoms with van der Waals surface area (Å²) in [5.74, 6) is 1.12. The van der Waals surface area contributed by atoms with E-state index in [9.17, 15) is 10.1 Å². The lowest BCUT2D eigenvalue weighted by Gasteiger charge is -2.42. The number of amides is 1. The Hall–Kier alpha value is -2.71. The molecule has 1 amide bonds. The first-order valence-corrected chi connectivity index (χ1v) is 11.0. The molecule has 29 heavy (non-hydrogen) atoms. The van der Waals surface area contributed by atoms with Gasteiger partial charge in [0.2, 0.25) is 5.91 Å². The van der Waals surface area contributed by atoms with E-state index in [0.717, 1.165) is 27.7 Å². The van der Waals surface area contributed by atoms with Crippen molar-refractivity contribution >= 4 is 23.4 Å². The number of hydrogen-bond donors (Lipinski definition) is 0. The standard InChI is InChI=1S/C24H25N3OS/c1-16(2)18-8-10-19(11-9-18)20-12-23(28)27-14-26(15-29-24(27)21(20)13-25)22-7-5-4-6-17(22)3/h4-11,16,20H,12,14-15H2,1-3H3. The fourth-order valence-electron chi connectivity index (χ4n) is 4.03. The van der Waals surface area contributed by atoms with Crippen LogP contribution in [-0.4, -0.2) is 23.4 Å². The number of carbonyl (C=O) groups excluding carboxylic acids is 1. The Kier molecular flexibility index (Phi) is 5.38. The molecule has 5 heteroatoms. The van der Waals surface area contributed by atoms with Gasteiger partial charge < -0.3 is 4.90 Å². The van der Waals surface area contributed by atoms with Crippen molar-refractivity contribution < 1.29 is 4.79 Å². The van der Waals surface area contributed by atoms with Crippen LogP contribution in [0.1, 0.15) is 48.8 Å². The Morgan fingerprint density at radius 1 is 1.14 bits per heavy atom. The summed E-state index contributed by atoms with van der Waals surface area (Å²) in [6.45, 7) is 6.91. The highest BCUT2D eigenvalue weighted by Gasteiger charge is 2.38. The lowest BCUT2D eigenvalue weighted by atomic mass is 9.85. The maximum atomic E-state index is 13.1. The highest BCUT2D eigenvalue weighted by Crippen LogP contribution is 2.43. The number of allylic oxidation sites excluding steroid dienone is 1. The topological polar surface area (TPSA) is 47.3 Å². The third-order valence-corrected chi connectivity index (χ3v) is 6.91. The first-order chi connectivity index (χ1) is 14.0. The van der Waals surface area contributed by atoms with Crippen LogP contribution < -0.4 is 4.90 Å². The number of thioether (sulfide) groups is 1. The predicted molar refractivity (Wildman–Crippen MR) is 118 cm³/mol. The second-order valence-corrected chi connectivity index (χ2v) is 8.91. The number of benzene rings is 2. The molecular weight excluding hydrogens is 378 g/mol. The van der Waals surface area contributed by atoms with Crippen LogP contribution in [0.5, 0.6) is 0 Å². The van der Waals surface area contributed by atoms with Gasteiger partial charge in [-0.15, -0.1) is 0 Å². The van der Waals surface area contributed by atoms with Crippen molar-refractivity contribution in [2.24, 2.45) is 0 Å². The number of aryl methyl sites for hydroxylation is 1. The van der Waals surface area contributed by atoms with Crippen LogP contribution in [0.15, 0.2) is 59.1 Å². The van der Waals surface area contributed by atoms with Gasteiger partial charge in [0.15, 0.2) is 0 Å². The number of fused-ring (bicyclic) bond motifs is 1. The summed E-state index contributed by atoms with van der Waals surface area (Å²) in [6, 6.07) is 19.0. The fraction of sp³-hybridized carbons (Fsp3) is 0.333. The monoisotopic (exact) mass is 403 g/mol. The van der Waals surface area contributed by atoms with Crippen molar-refractivity contribution in [3.05, 3.63) is 75.8 Å². The Balaban J connectivity index is 1.65. The number of rotatable bonds is 3. The van der Waals surface area contributed by atoms with Gasteiger partial charge in [-0.2, -0.15) is 5.26 Å². The maximum absolute atomic E-state index is 13.1. The molecule has 2 aromatic rings. The molecule has 1 unspecified atom stereocenters. The molecule has 2 aromatic carbocycles. The number of nitriles is 1. The molecule has 1 fully saturated rings. The van der Waals surface area contributed by atoms with Crippen LogP contribution in [0, 0.1) is 18.3 Å². The minimum absolute atomic E-state index is 0.0859. The molecule has 0 aliphatic carbocycles. The Morgan fingerprint density at radius 2 is 1.86 bits per heavy atom. The summed E-state index contributed by atoms with van der Waals surface area (Å²) in [7, 11) is 0. The summed E-state index contributed by atoms with van der Waals surface area (Å²) in [6.07, 6.45) is 0.343. The molecular formula is C24H25N3OS. The lowest BCUT2D eigenvalue weighted by molar-refractivity contribution is -0.129. The van der Waals surface area contributed by atoms with E-state index in [-0.39, 0.29) is 11.8 Å². The second kappa shape index (κ2) is 7.96. The van der Waals surface area contributed by atoms with Crippen molar-refractivity contribution in [2.75, 3.05) is 17.4 Å². The first kappa shape index (κ1) is 19.6. The Labute approximate surface area is 176 Å². The normalized spacial score (nSPS) is 19.4. The van der Waals surface area contributed by atoms with Gasteiger partial charge in [-0.1, -0.05) is 68.1 Å². The smallest absolute Gasteiger partial charge is 0.229 e. The number of para-hydroxylation sites is 1. The van der Waals surface area contributed by atoms with Gasteiger partial charge in [-0.3, -0.25) is 9.69 Å². The molecule has 148 valence electrons. The van der Waals surface area contributed by atoms with Gasteiger partial charge in [0, 0.05) is 18.0 Å². The molecule has 0 radical (unpaired) electrons. The van der Waals surface area contributed by atoms with Crippen LogP contribution in [-0.2, 0) is 4.79 Å². The van der Waals surface area contributed by atoms with Gasteiger partial charge in [0.25, 0.3) is 0 Å². The SMILES string of the molecule is Cc1ccccc1N1CSC2=C(C#N)C(c3ccc(C(C)C)cc3)CC(=O)N2C1. The van der Waals surface area contributed by atoms with E-state index in [4.69, 9.17) is 0 Å². The quantitative estimate of drug-likeness (QED) is 0.694. The molecule has 4 rings (SSSR count). The molecule has 0 saturated carbocycles. The van der Waals surface area contributed by atoms with Gasteiger partial charge in [0.05, 0.1) is 29.2 Å². The predicted octanol–water partition coefficient (Wildman–Crippen LogP) is 5.34. The maximum Gasteiger partial charge on any atom is 0.229 e. The van der Waals surface area contributed by atoms with Crippen LogP contribution >= 0.6 is 11.8 Å². The fourth-order valence-corrected chi connectivity index (χ4v) is 5.19. The summed E-state index contributed by atoms with van der Waals surface area (Å²) >= 11 is 1.59. The van der Waals surface area contributed by atoms with Gasteiger partial charge in [0.1, 0.15) is 0 Å². The molecule has 0 aromatic heterocycles. The molecule has 1 atom stereocenters. The summed E-state index contributed by atoms with van der Waals surface area (Å²) < 4.78 is 0. The van der Waals surface area contributed by atoms with Crippen LogP contribution in [0.3, 0.4) is 0 Å². The van der Waals surface area contributed by atoms with Crippen molar-refractivity contribution in [3.8, 4) is 6.07 Å². The molecule has 4 nitrogen and oxygen atoms in total. The van der Waals surface area contributed by atoms with Crippen molar-refractivity contribution in [3.63, 3.8) is 0 Å². The molecule has 2 heterocycles. The third kappa shape index (κ3) is 3.65. The molecule has 1 saturated heterocycles. The lowest BCUT2D eigenvalue weighted by Crippen LogP contribution is -2.47. The van der Waals surface area contributed by atoms with E-state index in [1.807, 2.05) is 12.1 Å². The first-order valence-electron chi connectivity index (χ1n) is 9.97. The highest BCUT2D eigenvalue weighted by molar-refractivity contribution is 8.03. The highest BCUT2D eigenvalue weighted by atomic mass is 32.2. The van der Waals surface area contributed by atoms with Crippen LogP contribution in [0.25, 0.3) is 0 Å². The van der Waals surface area contributed by atoms with E-state index in [0.29, 0.717) is 19.0 Å². The zero-order chi connectivity index (χ0) is 20.5. The minimum atomic E-state index is -0.155. The second-order valence-electron chi connectivity index (χ2n) is 7.97. The van der Waals surface area contributed by atoms with E-state index < -0.39 is 0 Å². The van der Waals surface area contributed by atoms with E-state index in [2.05, 4.69) is 68.1 Å². The van der Waals surface area contributed by atoms with Crippen LogP contribution in [0.2, 0.25) is 0 Å². The number of hydrogen-bond acceptors (Lipinski definition) is 4. The molecule has 2 aliphatic rings.